The van der Waals surface area contributed by atoms with Crippen molar-refractivity contribution in [1.29, 1.82) is 0 Å². The number of nitrogens with one attached hydrogen (secondary N) is 1. The van der Waals surface area contributed by atoms with E-state index >= 15 is 0 Å². The SMILES string of the molecule is COC(=O)C(C)NCc1cc([N+](=O)[O-])c(F)cc1F. The standard InChI is InChI=1S/C11H12F2N2O4/c1-6(11(16)19-2)14-5-7-3-10(15(17)18)9(13)4-8(7)12/h3-4,6,14H,5H2,1-2H3. The maximum atomic E-state index is 13.4. The minimum atomic E-state index is -1.24. The first-order chi connectivity index (χ1) is 8.86. The number of carbonyl (C=O) groups is 1. The van der Waals surface area contributed by atoms with Gasteiger partial charge in [-0.05, 0) is 6.92 Å². The zero-order valence-corrected chi connectivity index (χ0v) is 10.3. The summed E-state index contributed by atoms with van der Waals surface area (Å²) in [6, 6.07) is 0.521. The fourth-order valence-corrected chi connectivity index (χ4v) is 1.38. The second-order valence-electron chi connectivity index (χ2n) is 3.78. The predicted octanol–water partition coefficient (Wildman–Crippen LogP) is 1.52. The molecular weight excluding hydrogens is 262 g/mol. The van der Waals surface area contributed by atoms with Crippen LogP contribution in [-0.2, 0) is 16.1 Å². The lowest BCUT2D eigenvalue weighted by molar-refractivity contribution is -0.387. The molecule has 0 amide bonds. The third-order valence-corrected chi connectivity index (χ3v) is 2.47. The molecule has 0 heterocycles. The van der Waals surface area contributed by atoms with Crippen molar-refractivity contribution in [3.8, 4) is 0 Å². The first-order valence-electron chi connectivity index (χ1n) is 5.30. The molecule has 0 aliphatic carbocycles. The van der Waals surface area contributed by atoms with Gasteiger partial charge in [-0.25, -0.2) is 4.39 Å². The van der Waals surface area contributed by atoms with E-state index in [0.29, 0.717) is 6.07 Å². The van der Waals surface area contributed by atoms with Gasteiger partial charge in [-0.15, -0.1) is 0 Å². The number of ether oxygens (including phenoxy) is 1. The van der Waals surface area contributed by atoms with Crippen LogP contribution in [0.5, 0.6) is 0 Å². The minimum absolute atomic E-state index is 0.108. The number of nitro groups is 1. The Morgan fingerprint density at radius 3 is 2.63 bits per heavy atom. The molecule has 1 N–H and O–H groups in total. The molecule has 1 rings (SSSR count). The fraction of sp³-hybridized carbons (Fsp3) is 0.364. The van der Waals surface area contributed by atoms with Crippen LogP contribution >= 0.6 is 0 Å². The van der Waals surface area contributed by atoms with E-state index in [1.807, 2.05) is 0 Å². The number of hydrogen-bond donors (Lipinski definition) is 1. The Balaban J connectivity index is 2.87. The molecule has 0 radical (unpaired) electrons. The van der Waals surface area contributed by atoms with Crippen molar-refractivity contribution >= 4 is 11.7 Å². The lowest BCUT2D eigenvalue weighted by Crippen LogP contribution is -2.34. The molecule has 0 bridgehead atoms. The molecule has 1 aromatic carbocycles. The Labute approximate surface area is 107 Å². The first kappa shape index (κ1) is 15.0. The van der Waals surface area contributed by atoms with Crippen molar-refractivity contribution in [2.45, 2.75) is 19.5 Å². The van der Waals surface area contributed by atoms with E-state index < -0.39 is 34.3 Å². The molecule has 0 saturated heterocycles. The summed E-state index contributed by atoms with van der Waals surface area (Å²) in [6.45, 7) is 1.32. The molecule has 0 aliphatic rings. The average Bonchev–Trinajstić information content (AvgIpc) is 2.35. The van der Waals surface area contributed by atoms with Gasteiger partial charge >= 0.3 is 11.7 Å². The number of benzene rings is 1. The van der Waals surface area contributed by atoms with E-state index in [9.17, 15) is 23.7 Å². The van der Waals surface area contributed by atoms with Crippen molar-refractivity contribution < 1.29 is 23.2 Å². The number of nitro benzene ring substituents is 1. The molecule has 0 spiro atoms. The van der Waals surface area contributed by atoms with Crippen LogP contribution in [0.1, 0.15) is 12.5 Å². The zero-order valence-electron chi connectivity index (χ0n) is 10.3. The van der Waals surface area contributed by atoms with Crippen LogP contribution in [0.3, 0.4) is 0 Å². The van der Waals surface area contributed by atoms with Gasteiger partial charge in [0.25, 0.3) is 0 Å². The summed E-state index contributed by atoms with van der Waals surface area (Å²) in [6.07, 6.45) is 0. The second-order valence-corrected chi connectivity index (χ2v) is 3.78. The Kier molecular flexibility index (Phi) is 4.87. The highest BCUT2D eigenvalue weighted by Gasteiger charge is 2.19. The summed E-state index contributed by atoms with van der Waals surface area (Å²) < 4.78 is 30.9. The van der Waals surface area contributed by atoms with Crippen molar-refractivity contribution in [2.75, 3.05) is 7.11 Å². The highest BCUT2D eigenvalue weighted by molar-refractivity contribution is 5.75. The predicted molar refractivity (Wildman–Crippen MR) is 61.3 cm³/mol. The van der Waals surface area contributed by atoms with Crippen molar-refractivity contribution in [1.82, 2.24) is 5.32 Å². The minimum Gasteiger partial charge on any atom is -0.468 e. The summed E-state index contributed by atoms with van der Waals surface area (Å²) >= 11 is 0. The van der Waals surface area contributed by atoms with Crippen LogP contribution < -0.4 is 5.32 Å². The quantitative estimate of drug-likeness (QED) is 0.500. The van der Waals surface area contributed by atoms with E-state index in [1.54, 1.807) is 0 Å². The van der Waals surface area contributed by atoms with E-state index in [4.69, 9.17) is 0 Å². The van der Waals surface area contributed by atoms with Gasteiger partial charge in [0, 0.05) is 24.2 Å². The summed E-state index contributed by atoms with van der Waals surface area (Å²) in [5.41, 5.74) is -0.923. The molecule has 0 fully saturated rings. The zero-order chi connectivity index (χ0) is 14.6. The number of esters is 1. The van der Waals surface area contributed by atoms with Gasteiger partial charge in [0.05, 0.1) is 12.0 Å². The molecule has 1 atom stereocenters. The molecule has 0 aliphatic heterocycles. The van der Waals surface area contributed by atoms with Gasteiger partial charge in [-0.2, -0.15) is 4.39 Å². The smallest absolute Gasteiger partial charge is 0.322 e. The summed E-state index contributed by atoms with van der Waals surface area (Å²) in [7, 11) is 1.20. The number of nitrogens with zero attached hydrogens (tertiary/aromatic N) is 1. The van der Waals surface area contributed by atoms with Crippen LogP contribution in [0.25, 0.3) is 0 Å². The van der Waals surface area contributed by atoms with Gasteiger partial charge in [0.2, 0.25) is 5.82 Å². The van der Waals surface area contributed by atoms with Gasteiger partial charge in [0.1, 0.15) is 11.9 Å². The summed E-state index contributed by atoms with van der Waals surface area (Å²) in [5, 5.41) is 13.1. The monoisotopic (exact) mass is 274 g/mol. The average molecular weight is 274 g/mol. The highest BCUT2D eigenvalue weighted by atomic mass is 19.1. The molecule has 19 heavy (non-hydrogen) atoms. The summed E-state index contributed by atoms with van der Waals surface area (Å²) in [5.74, 6) is -2.73. The van der Waals surface area contributed by atoms with E-state index in [2.05, 4.69) is 10.1 Å². The Morgan fingerprint density at radius 1 is 1.47 bits per heavy atom. The van der Waals surface area contributed by atoms with Gasteiger partial charge in [-0.1, -0.05) is 0 Å². The first-order valence-corrected chi connectivity index (χ1v) is 5.30. The van der Waals surface area contributed by atoms with Crippen LogP contribution in [0.2, 0.25) is 0 Å². The number of carbonyl (C=O) groups excluding carboxylic acids is 1. The van der Waals surface area contributed by atoms with Gasteiger partial charge < -0.3 is 10.1 Å². The topological polar surface area (TPSA) is 81.5 Å². The van der Waals surface area contributed by atoms with Crippen LogP contribution in [-0.4, -0.2) is 24.0 Å². The number of methoxy groups -OCH3 is 1. The van der Waals surface area contributed by atoms with Crippen molar-refractivity contribution in [3.05, 3.63) is 39.4 Å². The highest BCUT2D eigenvalue weighted by Crippen LogP contribution is 2.21. The molecular formula is C11H12F2N2O4. The van der Waals surface area contributed by atoms with E-state index in [1.165, 1.54) is 14.0 Å². The van der Waals surface area contributed by atoms with Gasteiger partial charge in [-0.3, -0.25) is 14.9 Å². The molecule has 1 aromatic rings. The number of hydrogen-bond acceptors (Lipinski definition) is 5. The van der Waals surface area contributed by atoms with Crippen LogP contribution in [0.15, 0.2) is 12.1 Å². The van der Waals surface area contributed by atoms with Crippen LogP contribution in [0, 0.1) is 21.7 Å². The third-order valence-electron chi connectivity index (χ3n) is 2.47. The van der Waals surface area contributed by atoms with Crippen molar-refractivity contribution in [2.24, 2.45) is 0 Å². The second kappa shape index (κ2) is 6.19. The lowest BCUT2D eigenvalue weighted by Gasteiger charge is -2.11. The Morgan fingerprint density at radius 2 is 2.11 bits per heavy atom. The van der Waals surface area contributed by atoms with E-state index in [-0.39, 0.29) is 12.1 Å². The maximum Gasteiger partial charge on any atom is 0.322 e. The largest absolute Gasteiger partial charge is 0.468 e. The molecule has 1 unspecified atom stereocenters. The van der Waals surface area contributed by atoms with Crippen LogP contribution in [0.4, 0.5) is 14.5 Å². The van der Waals surface area contributed by atoms with Crippen molar-refractivity contribution in [3.63, 3.8) is 0 Å². The molecule has 8 heteroatoms. The number of halogens is 2. The lowest BCUT2D eigenvalue weighted by atomic mass is 10.1. The molecule has 104 valence electrons. The maximum absolute atomic E-state index is 13.4. The Bertz CT molecular complexity index is 508. The fourth-order valence-electron chi connectivity index (χ4n) is 1.38. The molecule has 0 saturated carbocycles. The normalized spacial score (nSPS) is 12.0. The molecule has 6 nitrogen and oxygen atoms in total. The Hall–Kier alpha value is -2.09. The van der Waals surface area contributed by atoms with Gasteiger partial charge in [0.15, 0.2) is 0 Å². The summed E-state index contributed by atoms with van der Waals surface area (Å²) in [4.78, 5) is 20.7. The number of rotatable bonds is 5. The molecule has 0 aromatic heterocycles. The van der Waals surface area contributed by atoms with E-state index in [0.717, 1.165) is 6.07 Å². The third kappa shape index (κ3) is 3.68.